The van der Waals surface area contributed by atoms with Gasteiger partial charge < -0.3 is 25.4 Å². The minimum absolute atomic E-state index is 0.115. The molecule has 4 aliphatic rings. The molecule has 5 atom stereocenters. The van der Waals surface area contributed by atoms with E-state index in [9.17, 15) is 22.8 Å². The molecular formula is C37H45N5O7S. The second-order valence-corrected chi connectivity index (χ2v) is 16.2. The van der Waals surface area contributed by atoms with Crippen LogP contribution in [0, 0.1) is 5.92 Å². The van der Waals surface area contributed by atoms with Crippen molar-refractivity contribution in [2.45, 2.75) is 99.6 Å². The molecule has 4 N–H and O–H groups in total. The van der Waals surface area contributed by atoms with E-state index in [1.165, 1.54) is 4.90 Å². The topological polar surface area (TPSA) is 170 Å². The van der Waals surface area contributed by atoms with Crippen LogP contribution in [0.2, 0.25) is 0 Å². The summed E-state index contributed by atoms with van der Waals surface area (Å²) in [5.41, 5.74) is 7.35. The maximum Gasteiger partial charge on any atom is 0.259 e. The number of pyridine rings is 1. The smallest absolute Gasteiger partial charge is 0.259 e. The van der Waals surface area contributed by atoms with Crippen LogP contribution < -0.4 is 25.2 Å². The van der Waals surface area contributed by atoms with E-state index in [1.54, 1.807) is 7.11 Å². The van der Waals surface area contributed by atoms with Crippen molar-refractivity contribution < 1.29 is 32.3 Å². The first-order valence-electron chi connectivity index (χ1n) is 17.7. The number of nitrogens with zero attached hydrogens (tertiary/aromatic N) is 2. The van der Waals surface area contributed by atoms with Crippen LogP contribution in [0.3, 0.4) is 0 Å². The normalized spacial score (nSPS) is 27.7. The van der Waals surface area contributed by atoms with Gasteiger partial charge in [0.25, 0.3) is 5.91 Å². The Balaban J connectivity index is 1.19. The summed E-state index contributed by atoms with van der Waals surface area (Å²) in [6.45, 7) is 0.115. The van der Waals surface area contributed by atoms with Crippen LogP contribution in [0.5, 0.6) is 11.5 Å². The molecule has 1 aromatic heterocycles. The summed E-state index contributed by atoms with van der Waals surface area (Å²) in [5.74, 6) is -0.554. The summed E-state index contributed by atoms with van der Waals surface area (Å²) in [6.07, 6.45) is 6.64. The largest absolute Gasteiger partial charge is 0.497 e. The molecular weight excluding hydrogens is 659 g/mol. The third kappa shape index (κ3) is 7.02. The highest BCUT2D eigenvalue weighted by atomic mass is 32.2. The van der Waals surface area contributed by atoms with Crippen molar-refractivity contribution in [1.82, 2.24) is 19.9 Å². The van der Waals surface area contributed by atoms with Gasteiger partial charge in [-0.05, 0) is 50.2 Å². The first-order valence-corrected chi connectivity index (χ1v) is 19.3. The standard InChI is InChI=1S/C37H45N5O7S/c1-48-25-14-17-28-31(18-25)39-30(23-10-6-5-7-11-23)20-33(28)49-26-19-32-34(43)40-37(36(45)41-50(46,47)27-15-16-27)21-24(37)12-8-3-2-4-9-13-29(38)35(44)42(32)22-26/h5-7,10-11,14,17-18,20,24,26-27,29,32H,2-4,8-9,12-13,15-16,19,21-22,38H2,1H3,(H,40,43)(H,41,45)/t24-,26-,29+,32+,37-/m1/s1. The van der Waals surface area contributed by atoms with E-state index in [0.29, 0.717) is 54.8 Å². The Morgan fingerprint density at radius 3 is 2.48 bits per heavy atom. The molecule has 3 amide bonds. The van der Waals surface area contributed by atoms with Crippen LogP contribution >= 0.6 is 0 Å². The molecule has 7 rings (SSSR count). The summed E-state index contributed by atoms with van der Waals surface area (Å²) >= 11 is 0. The summed E-state index contributed by atoms with van der Waals surface area (Å²) in [6, 6.07) is 15.4. The van der Waals surface area contributed by atoms with Gasteiger partial charge in [-0.15, -0.1) is 0 Å². The lowest BCUT2D eigenvalue weighted by molar-refractivity contribution is -0.140. The van der Waals surface area contributed by atoms with E-state index in [1.807, 2.05) is 54.6 Å². The molecule has 12 nitrogen and oxygen atoms in total. The molecule has 2 aliphatic carbocycles. The van der Waals surface area contributed by atoms with Crippen LogP contribution in [-0.2, 0) is 24.4 Å². The molecule has 2 aliphatic heterocycles. The molecule has 50 heavy (non-hydrogen) atoms. The second-order valence-electron chi connectivity index (χ2n) is 14.2. The highest BCUT2D eigenvalue weighted by Crippen LogP contribution is 2.48. The molecule has 4 fully saturated rings. The second kappa shape index (κ2) is 13.8. The summed E-state index contributed by atoms with van der Waals surface area (Å²) in [4.78, 5) is 48.1. The number of carbonyl (C=O) groups is 3. The van der Waals surface area contributed by atoms with E-state index in [4.69, 9.17) is 20.2 Å². The highest BCUT2D eigenvalue weighted by Gasteiger charge is 2.62. The highest BCUT2D eigenvalue weighted by molar-refractivity contribution is 7.91. The molecule has 3 aromatic rings. The Morgan fingerprint density at radius 2 is 1.74 bits per heavy atom. The molecule has 2 saturated carbocycles. The SMILES string of the molecule is COc1ccc2c(O[C@@H]3C[C@H]4C(=O)N[C@]5(C(=O)NS(=O)(=O)C6CC6)C[C@H]5CCCCCCC[C@H](N)C(=O)N4C3)cc(-c3ccccc3)nc2c1. The molecule has 266 valence electrons. The minimum Gasteiger partial charge on any atom is -0.497 e. The van der Waals surface area contributed by atoms with Crippen molar-refractivity contribution in [3.63, 3.8) is 0 Å². The maximum absolute atomic E-state index is 14.2. The van der Waals surface area contributed by atoms with Crippen molar-refractivity contribution in [2.24, 2.45) is 11.7 Å². The van der Waals surface area contributed by atoms with Gasteiger partial charge in [-0.1, -0.05) is 62.4 Å². The third-order valence-corrected chi connectivity index (χ3v) is 12.4. The lowest BCUT2D eigenvalue weighted by Crippen LogP contribution is -2.57. The van der Waals surface area contributed by atoms with Crippen LogP contribution in [0.4, 0.5) is 0 Å². The zero-order chi connectivity index (χ0) is 35.0. The van der Waals surface area contributed by atoms with Gasteiger partial charge in [-0.2, -0.15) is 0 Å². The van der Waals surface area contributed by atoms with Crippen LogP contribution in [0.15, 0.2) is 54.6 Å². The zero-order valence-electron chi connectivity index (χ0n) is 28.3. The van der Waals surface area contributed by atoms with E-state index in [2.05, 4.69) is 10.0 Å². The number of carbonyl (C=O) groups excluding carboxylic acids is 3. The Labute approximate surface area is 292 Å². The monoisotopic (exact) mass is 703 g/mol. The Bertz CT molecular complexity index is 1890. The molecule has 3 heterocycles. The Kier molecular flexibility index (Phi) is 9.46. The molecule has 2 aromatic carbocycles. The molecule has 13 heteroatoms. The molecule has 0 bridgehead atoms. The van der Waals surface area contributed by atoms with Gasteiger partial charge in [-0.3, -0.25) is 19.1 Å². The summed E-state index contributed by atoms with van der Waals surface area (Å²) in [5, 5.41) is 3.12. The number of sulfonamides is 1. The first kappa shape index (κ1) is 34.2. The van der Waals surface area contributed by atoms with Gasteiger partial charge in [0.15, 0.2) is 0 Å². The number of ether oxygens (including phenoxy) is 2. The van der Waals surface area contributed by atoms with E-state index in [-0.39, 0.29) is 24.8 Å². The van der Waals surface area contributed by atoms with Crippen molar-refractivity contribution in [2.75, 3.05) is 13.7 Å². The number of nitrogens with one attached hydrogen (secondary N) is 2. The van der Waals surface area contributed by atoms with E-state index < -0.39 is 50.8 Å². The Hall–Kier alpha value is -4.23. The number of methoxy groups -OCH3 is 1. The number of hydrogen-bond acceptors (Lipinski definition) is 9. The van der Waals surface area contributed by atoms with Crippen molar-refractivity contribution in [3.05, 3.63) is 54.6 Å². The van der Waals surface area contributed by atoms with Gasteiger partial charge in [0.05, 0.1) is 36.2 Å². The van der Waals surface area contributed by atoms with Gasteiger partial charge in [0, 0.05) is 29.5 Å². The van der Waals surface area contributed by atoms with E-state index in [0.717, 1.165) is 43.1 Å². The average molecular weight is 704 g/mol. The van der Waals surface area contributed by atoms with Gasteiger partial charge in [0.1, 0.15) is 29.2 Å². The average Bonchev–Trinajstić information content (AvgIpc) is 4.04. The van der Waals surface area contributed by atoms with Gasteiger partial charge >= 0.3 is 0 Å². The number of benzene rings is 2. The predicted molar refractivity (Wildman–Crippen MR) is 188 cm³/mol. The molecule has 0 unspecified atom stereocenters. The number of amides is 3. The van der Waals surface area contributed by atoms with E-state index >= 15 is 0 Å². The van der Waals surface area contributed by atoms with Crippen molar-refractivity contribution >= 4 is 38.6 Å². The molecule has 2 saturated heterocycles. The lowest BCUT2D eigenvalue weighted by Gasteiger charge is -2.28. The number of fused-ring (bicyclic) bond motifs is 3. The number of aromatic nitrogens is 1. The van der Waals surface area contributed by atoms with Gasteiger partial charge in [-0.25, -0.2) is 13.4 Å². The summed E-state index contributed by atoms with van der Waals surface area (Å²) < 4.78 is 39.9. The van der Waals surface area contributed by atoms with Crippen LogP contribution in [0.25, 0.3) is 22.2 Å². The predicted octanol–water partition coefficient (Wildman–Crippen LogP) is 3.81. The van der Waals surface area contributed by atoms with Crippen molar-refractivity contribution in [1.29, 1.82) is 0 Å². The van der Waals surface area contributed by atoms with Crippen LogP contribution in [-0.4, -0.2) is 78.7 Å². The first-order chi connectivity index (χ1) is 24.1. The number of rotatable bonds is 7. The zero-order valence-corrected chi connectivity index (χ0v) is 29.1. The number of nitrogens with two attached hydrogens (primary N) is 1. The minimum atomic E-state index is -3.82. The van der Waals surface area contributed by atoms with Crippen LogP contribution in [0.1, 0.15) is 70.6 Å². The quantitative estimate of drug-likeness (QED) is 0.331. The lowest BCUT2D eigenvalue weighted by atomic mass is 10.0. The fourth-order valence-corrected chi connectivity index (χ4v) is 8.85. The molecule has 0 spiro atoms. The Morgan fingerprint density at radius 1 is 1.00 bits per heavy atom. The summed E-state index contributed by atoms with van der Waals surface area (Å²) in [7, 11) is -2.23. The number of hydrogen-bond donors (Lipinski definition) is 3. The fourth-order valence-electron chi connectivity index (χ4n) is 7.49. The fraction of sp³-hybridized carbons (Fsp3) is 0.514. The third-order valence-electron chi connectivity index (χ3n) is 10.6. The van der Waals surface area contributed by atoms with Gasteiger partial charge in [0.2, 0.25) is 21.8 Å². The van der Waals surface area contributed by atoms with Crippen molar-refractivity contribution in [3.8, 4) is 22.8 Å². The maximum atomic E-state index is 14.2. The molecule has 0 radical (unpaired) electrons.